The Morgan fingerprint density at radius 1 is 1.23 bits per heavy atom. The second kappa shape index (κ2) is 6.42. The molecule has 0 aromatic rings. The zero-order valence-electron chi connectivity index (χ0n) is 7.56. The molecule has 0 aromatic carbocycles. The summed E-state index contributed by atoms with van der Waals surface area (Å²) in [6.45, 7) is 2.35. The lowest BCUT2D eigenvalue weighted by molar-refractivity contribution is -0.140. The van der Waals surface area contributed by atoms with Gasteiger partial charge in [-0.05, 0) is 6.42 Å². The van der Waals surface area contributed by atoms with Crippen LogP contribution in [-0.2, 0) is 19.1 Å². The van der Waals surface area contributed by atoms with E-state index in [4.69, 9.17) is 5.11 Å². The molecule has 0 saturated heterocycles. The standard InChI is InChI=1S/C8H14O5/c1-2-8(3-9,4-12-6-10)5-13-7-11/h6-7,9H,2-5H2,1H3. The van der Waals surface area contributed by atoms with E-state index in [1.807, 2.05) is 6.92 Å². The SMILES string of the molecule is CCC(CO)(COC=O)COC=O. The molecular weight excluding hydrogens is 176 g/mol. The fraction of sp³-hybridized carbons (Fsp3) is 0.750. The van der Waals surface area contributed by atoms with Crippen LogP contribution < -0.4 is 0 Å². The lowest BCUT2D eigenvalue weighted by Gasteiger charge is -2.27. The minimum Gasteiger partial charge on any atom is -0.467 e. The van der Waals surface area contributed by atoms with Crippen molar-refractivity contribution in [3.05, 3.63) is 0 Å². The van der Waals surface area contributed by atoms with E-state index in [0.29, 0.717) is 19.4 Å². The first kappa shape index (κ1) is 11.9. The molecule has 5 nitrogen and oxygen atoms in total. The molecule has 13 heavy (non-hydrogen) atoms. The molecule has 5 heteroatoms. The van der Waals surface area contributed by atoms with Gasteiger partial charge in [-0.3, -0.25) is 9.59 Å². The van der Waals surface area contributed by atoms with Crippen LogP contribution in [0.2, 0.25) is 0 Å². The van der Waals surface area contributed by atoms with Gasteiger partial charge in [0.05, 0.1) is 12.0 Å². The van der Waals surface area contributed by atoms with E-state index in [0.717, 1.165) is 0 Å². The van der Waals surface area contributed by atoms with Crippen molar-refractivity contribution in [2.75, 3.05) is 19.8 Å². The summed E-state index contributed by atoms with van der Waals surface area (Å²) in [5.41, 5.74) is -0.665. The Bertz CT molecular complexity index is 139. The van der Waals surface area contributed by atoms with Crippen LogP contribution >= 0.6 is 0 Å². The lowest BCUT2D eigenvalue weighted by atomic mass is 9.88. The number of rotatable bonds is 8. The molecule has 0 amide bonds. The Balaban J connectivity index is 4.11. The quantitative estimate of drug-likeness (QED) is 0.533. The summed E-state index contributed by atoms with van der Waals surface area (Å²) in [6.07, 6.45) is 0.561. The molecule has 0 bridgehead atoms. The molecule has 0 saturated carbocycles. The Morgan fingerprint density at radius 3 is 1.92 bits per heavy atom. The van der Waals surface area contributed by atoms with Crippen LogP contribution in [0.1, 0.15) is 13.3 Å². The molecular formula is C8H14O5. The van der Waals surface area contributed by atoms with Gasteiger partial charge in [-0.25, -0.2) is 0 Å². The number of ether oxygens (including phenoxy) is 2. The zero-order valence-corrected chi connectivity index (χ0v) is 7.56. The summed E-state index contributed by atoms with van der Waals surface area (Å²) in [4.78, 5) is 19.9. The number of hydrogen-bond acceptors (Lipinski definition) is 5. The summed E-state index contributed by atoms with van der Waals surface area (Å²) in [5.74, 6) is 0. The number of aliphatic hydroxyl groups excluding tert-OH is 1. The maximum atomic E-state index is 9.94. The van der Waals surface area contributed by atoms with Crippen LogP contribution in [0, 0.1) is 5.41 Å². The van der Waals surface area contributed by atoms with Gasteiger partial charge in [0.15, 0.2) is 0 Å². The van der Waals surface area contributed by atoms with Gasteiger partial charge in [-0.1, -0.05) is 6.92 Å². The fourth-order valence-corrected chi connectivity index (χ4v) is 0.870. The Kier molecular flexibility index (Phi) is 5.88. The van der Waals surface area contributed by atoms with Crippen LogP contribution in [0.15, 0.2) is 0 Å². The molecule has 0 aromatic heterocycles. The summed E-state index contributed by atoms with van der Waals surface area (Å²) in [5, 5.41) is 9.04. The highest BCUT2D eigenvalue weighted by molar-refractivity contribution is 5.37. The van der Waals surface area contributed by atoms with Crippen molar-refractivity contribution >= 4 is 12.9 Å². The van der Waals surface area contributed by atoms with E-state index in [-0.39, 0.29) is 19.8 Å². The predicted molar refractivity (Wildman–Crippen MR) is 43.8 cm³/mol. The largest absolute Gasteiger partial charge is 0.467 e. The Morgan fingerprint density at radius 2 is 1.69 bits per heavy atom. The van der Waals surface area contributed by atoms with Crippen molar-refractivity contribution in [3.63, 3.8) is 0 Å². The van der Waals surface area contributed by atoms with Gasteiger partial charge in [-0.15, -0.1) is 0 Å². The third-order valence-corrected chi connectivity index (χ3v) is 2.00. The van der Waals surface area contributed by atoms with Gasteiger partial charge in [0.1, 0.15) is 13.2 Å². The van der Waals surface area contributed by atoms with Gasteiger partial charge in [-0.2, -0.15) is 0 Å². The second-order valence-corrected chi connectivity index (χ2v) is 2.83. The number of aliphatic hydroxyl groups is 1. The van der Waals surface area contributed by atoms with Crippen LogP contribution in [0.3, 0.4) is 0 Å². The molecule has 0 spiro atoms. The molecule has 0 unspecified atom stereocenters. The third-order valence-electron chi connectivity index (χ3n) is 2.00. The topological polar surface area (TPSA) is 72.8 Å². The Hall–Kier alpha value is -1.10. The normalized spacial score (nSPS) is 10.6. The van der Waals surface area contributed by atoms with E-state index in [1.54, 1.807) is 0 Å². The average molecular weight is 190 g/mol. The summed E-state index contributed by atoms with van der Waals surface area (Å²) < 4.78 is 9.08. The maximum absolute atomic E-state index is 9.94. The molecule has 0 aliphatic heterocycles. The molecule has 0 aliphatic carbocycles. The highest BCUT2D eigenvalue weighted by Crippen LogP contribution is 2.21. The van der Waals surface area contributed by atoms with Crippen molar-refractivity contribution in [2.24, 2.45) is 5.41 Å². The summed E-state index contributed by atoms with van der Waals surface area (Å²) in [7, 11) is 0. The first-order valence-electron chi connectivity index (χ1n) is 3.96. The number of carbonyl (C=O) groups is 2. The van der Waals surface area contributed by atoms with E-state index in [1.165, 1.54) is 0 Å². The van der Waals surface area contributed by atoms with Crippen molar-refractivity contribution in [1.29, 1.82) is 0 Å². The number of carbonyl (C=O) groups excluding carboxylic acids is 2. The average Bonchev–Trinajstić information content (AvgIpc) is 2.20. The van der Waals surface area contributed by atoms with Crippen LogP contribution in [0.25, 0.3) is 0 Å². The van der Waals surface area contributed by atoms with Gasteiger partial charge in [0.2, 0.25) is 0 Å². The van der Waals surface area contributed by atoms with Crippen molar-refractivity contribution < 1.29 is 24.2 Å². The van der Waals surface area contributed by atoms with Crippen LogP contribution in [-0.4, -0.2) is 37.9 Å². The molecule has 76 valence electrons. The zero-order chi connectivity index (χ0) is 10.2. The van der Waals surface area contributed by atoms with Gasteiger partial charge < -0.3 is 14.6 Å². The number of hydrogen-bond donors (Lipinski definition) is 1. The van der Waals surface area contributed by atoms with E-state index < -0.39 is 5.41 Å². The first-order valence-corrected chi connectivity index (χ1v) is 3.96. The van der Waals surface area contributed by atoms with Crippen molar-refractivity contribution in [2.45, 2.75) is 13.3 Å². The molecule has 0 fully saturated rings. The van der Waals surface area contributed by atoms with Crippen LogP contribution in [0.5, 0.6) is 0 Å². The van der Waals surface area contributed by atoms with E-state index >= 15 is 0 Å². The highest BCUT2D eigenvalue weighted by atomic mass is 16.5. The fourth-order valence-electron chi connectivity index (χ4n) is 0.870. The molecule has 0 atom stereocenters. The minimum absolute atomic E-state index is 0.0529. The minimum atomic E-state index is -0.665. The second-order valence-electron chi connectivity index (χ2n) is 2.83. The lowest BCUT2D eigenvalue weighted by Crippen LogP contribution is -2.35. The monoisotopic (exact) mass is 190 g/mol. The summed E-state index contributed by atoms with van der Waals surface area (Å²) >= 11 is 0. The predicted octanol–water partition coefficient (Wildman–Crippen LogP) is -0.279. The summed E-state index contributed by atoms with van der Waals surface area (Å²) in [6, 6.07) is 0. The molecule has 0 heterocycles. The van der Waals surface area contributed by atoms with Crippen molar-refractivity contribution in [1.82, 2.24) is 0 Å². The van der Waals surface area contributed by atoms with Gasteiger partial charge >= 0.3 is 0 Å². The molecule has 0 aliphatic rings. The highest BCUT2D eigenvalue weighted by Gasteiger charge is 2.29. The van der Waals surface area contributed by atoms with Gasteiger partial charge in [0.25, 0.3) is 12.9 Å². The maximum Gasteiger partial charge on any atom is 0.293 e. The molecule has 0 rings (SSSR count). The van der Waals surface area contributed by atoms with E-state index in [9.17, 15) is 9.59 Å². The van der Waals surface area contributed by atoms with Gasteiger partial charge in [0, 0.05) is 0 Å². The first-order chi connectivity index (χ1) is 6.24. The molecule has 0 radical (unpaired) electrons. The van der Waals surface area contributed by atoms with E-state index in [2.05, 4.69) is 9.47 Å². The smallest absolute Gasteiger partial charge is 0.293 e. The molecule has 1 N–H and O–H groups in total. The van der Waals surface area contributed by atoms with Crippen LogP contribution in [0.4, 0.5) is 0 Å². The third kappa shape index (κ3) is 3.89. The Labute approximate surface area is 76.6 Å². The van der Waals surface area contributed by atoms with Crippen molar-refractivity contribution in [3.8, 4) is 0 Å².